The Morgan fingerprint density at radius 2 is 1.63 bits per heavy atom. The molecule has 13 heteroatoms. The smallest absolute Gasteiger partial charge is 0.345 e. The maximum atomic E-state index is 13.3. The third-order valence-corrected chi connectivity index (χ3v) is 8.09. The average molecular weight is 746 g/mol. The number of nitrogens with two attached hydrogens (primary N) is 1. The van der Waals surface area contributed by atoms with E-state index in [0.717, 1.165) is 6.42 Å². The van der Waals surface area contributed by atoms with E-state index in [4.69, 9.17) is 31.5 Å². The first-order chi connectivity index (χ1) is 24.4. The van der Waals surface area contributed by atoms with Gasteiger partial charge in [0.1, 0.15) is 11.8 Å². The molecule has 5 N–H and O–H groups in total. The fourth-order valence-electron chi connectivity index (χ4n) is 4.60. The normalized spacial score (nSPS) is 12.9. The fourth-order valence-corrected chi connectivity index (χ4v) is 4.88. The minimum atomic E-state index is -1.31. The molecular weight excluding hydrogens is 690 g/mol. The van der Waals surface area contributed by atoms with Gasteiger partial charge < -0.3 is 35.7 Å². The van der Waals surface area contributed by atoms with Crippen LogP contribution in [0.2, 0.25) is 5.02 Å². The van der Waals surface area contributed by atoms with E-state index >= 15 is 0 Å². The van der Waals surface area contributed by atoms with Crippen molar-refractivity contribution in [3.05, 3.63) is 76.3 Å². The predicted octanol–water partition coefficient (Wildman–Crippen LogP) is 5.35. The van der Waals surface area contributed by atoms with Gasteiger partial charge in [0, 0.05) is 13.0 Å². The number of aryl methyl sites for hydroxylation is 2. The lowest BCUT2D eigenvalue weighted by molar-refractivity contribution is -0.171. The van der Waals surface area contributed by atoms with E-state index in [0.29, 0.717) is 29.2 Å². The van der Waals surface area contributed by atoms with Crippen LogP contribution in [0.1, 0.15) is 77.5 Å². The second-order valence-corrected chi connectivity index (χ2v) is 13.9. The monoisotopic (exact) mass is 745 g/mol. The molecule has 2 amide bonds. The molecule has 3 atom stereocenters. The van der Waals surface area contributed by atoms with Gasteiger partial charge in [-0.05, 0) is 88.6 Å². The molecule has 0 aliphatic heterocycles. The molecule has 12 nitrogen and oxygen atoms in total. The maximum Gasteiger partial charge on any atom is 0.345 e. The second-order valence-electron chi connectivity index (χ2n) is 13.5. The van der Waals surface area contributed by atoms with Gasteiger partial charge in [-0.1, -0.05) is 74.3 Å². The molecule has 288 valence electrons. The summed E-state index contributed by atoms with van der Waals surface area (Å²) < 4.78 is 15.5. The van der Waals surface area contributed by atoms with Crippen molar-refractivity contribution in [2.75, 3.05) is 20.2 Å². The molecule has 0 bridgehead atoms. The van der Waals surface area contributed by atoms with Crippen LogP contribution in [0.25, 0.3) is 0 Å². The zero-order valence-corrected chi connectivity index (χ0v) is 32.4. The Balaban J connectivity index is 0.00000130. The zero-order chi connectivity index (χ0) is 39.4. The van der Waals surface area contributed by atoms with Gasteiger partial charge in [-0.3, -0.25) is 19.2 Å². The van der Waals surface area contributed by atoms with Crippen molar-refractivity contribution in [2.24, 2.45) is 17.1 Å². The molecule has 0 saturated carbocycles. The molecule has 2 aromatic rings. The number of carbonyl (C=O) groups is 5. The maximum absolute atomic E-state index is 13.3. The number of amides is 2. The van der Waals surface area contributed by atoms with Crippen LogP contribution < -0.4 is 21.1 Å². The minimum absolute atomic E-state index is 0.0151. The number of hydrogen-bond acceptors (Lipinski definition) is 9. The molecule has 0 aliphatic rings. The van der Waals surface area contributed by atoms with Gasteiger partial charge in [0.05, 0.1) is 30.2 Å². The van der Waals surface area contributed by atoms with Gasteiger partial charge in [-0.2, -0.15) is 0 Å². The van der Waals surface area contributed by atoms with Crippen LogP contribution in [-0.4, -0.2) is 73.3 Å². The number of rotatable bonds is 19. The lowest BCUT2D eigenvalue weighted by Crippen LogP contribution is -2.51. The first-order valence-electron chi connectivity index (χ1n) is 17.4. The molecule has 0 fully saturated rings. The molecule has 2 rings (SSSR count). The highest BCUT2D eigenvalue weighted by molar-refractivity contribution is 6.32. The Kier molecular flexibility index (Phi) is 20.3. The predicted molar refractivity (Wildman–Crippen MR) is 201 cm³/mol. The number of esters is 2. The molecule has 2 unspecified atom stereocenters. The molecule has 0 radical (unpaired) electrons. The summed E-state index contributed by atoms with van der Waals surface area (Å²) in [6.07, 6.45) is 3.44. The van der Waals surface area contributed by atoms with Crippen molar-refractivity contribution in [3.63, 3.8) is 0 Å². The van der Waals surface area contributed by atoms with Crippen LogP contribution in [0, 0.1) is 18.3 Å². The van der Waals surface area contributed by atoms with E-state index in [2.05, 4.69) is 48.7 Å². The Morgan fingerprint density at radius 3 is 2.17 bits per heavy atom. The largest absolute Gasteiger partial charge is 0.495 e. The van der Waals surface area contributed by atoms with Crippen LogP contribution in [0.3, 0.4) is 0 Å². The van der Waals surface area contributed by atoms with Gasteiger partial charge in [-0.15, -0.1) is 0 Å². The SMILES string of the molecule is CCc1ccc(C)cc1.COc1ccc(C[C@@H](NC(=O)/C=C/CCC(C)OC(=O)CN)C(=O)NCC(C)(C)C(=O)OC(CC(C)C)C(=O)O)cc1Cl. The van der Waals surface area contributed by atoms with Crippen LogP contribution in [0.5, 0.6) is 5.75 Å². The van der Waals surface area contributed by atoms with E-state index in [1.807, 2.05) is 13.8 Å². The van der Waals surface area contributed by atoms with Crippen molar-refractivity contribution in [1.29, 1.82) is 0 Å². The number of carboxylic acid groups (broad SMARTS) is 1. The van der Waals surface area contributed by atoms with E-state index in [1.165, 1.54) is 38.2 Å². The van der Waals surface area contributed by atoms with Crippen LogP contribution >= 0.6 is 11.6 Å². The van der Waals surface area contributed by atoms with Gasteiger partial charge in [0.15, 0.2) is 6.10 Å². The van der Waals surface area contributed by atoms with E-state index in [-0.39, 0.29) is 38.0 Å². The molecule has 0 saturated heterocycles. The van der Waals surface area contributed by atoms with Gasteiger partial charge in [0.25, 0.3) is 0 Å². The summed E-state index contributed by atoms with van der Waals surface area (Å²) in [7, 11) is 1.47. The van der Waals surface area contributed by atoms with E-state index in [1.54, 1.807) is 31.2 Å². The number of halogens is 1. The van der Waals surface area contributed by atoms with Crippen molar-refractivity contribution in [1.82, 2.24) is 10.6 Å². The quantitative estimate of drug-likeness (QED) is 0.108. The van der Waals surface area contributed by atoms with Crippen molar-refractivity contribution in [2.45, 2.75) is 98.8 Å². The average Bonchev–Trinajstić information content (AvgIpc) is 3.08. The summed E-state index contributed by atoms with van der Waals surface area (Å²) in [5.41, 5.74) is 7.37. The number of carbonyl (C=O) groups excluding carboxylic acids is 4. The Hall–Kier alpha value is -4.42. The summed E-state index contributed by atoms with van der Waals surface area (Å²) >= 11 is 6.24. The second kappa shape index (κ2) is 23.2. The standard InChI is InChI=1S/C30H44ClN3O9.C9H12/c1-18(2)13-24(28(38)39)43-29(40)30(4,5)17-33-27(37)22(15-20-11-12-23(41-6)21(31)14-20)34-25(35)10-8-7-9-19(3)42-26(36)16-32;1-3-9-6-4-8(2)5-7-9/h8,10-12,14,18-19,22,24H,7,9,13,15-17,32H2,1-6H3,(H,33,37)(H,34,35)(H,38,39);4-7H,3H2,1-2H3/b10-8+;/t19?,22-,24?;/m1./s1. The van der Waals surface area contributed by atoms with Crippen molar-refractivity contribution >= 4 is 41.3 Å². The van der Waals surface area contributed by atoms with Crippen LogP contribution in [0.4, 0.5) is 0 Å². The molecular formula is C39H56ClN3O9. The van der Waals surface area contributed by atoms with Gasteiger partial charge >= 0.3 is 17.9 Å². The summed E-state index contributed by atoms with van der Waals surface area (Å²) in [6, 6.07) is 12.6. The number of aliphatic carboxylic acids is 1. The highest BCUT2D eigenvalue weighted by atomic mass is 35.5. The first kappa shape index (κ1) is 45.6. The Bertz CT molecular complexity index is 1490. The van der Waals surface area contributed by atoms with Crippen LogP contribution in [0.15, 0.2) is 54.6 Å². The third kappa shape index (κ3) is 17.7. The summed E-state index contributed by atoms with van der Waals surface area (Å²) in [6.45, 7) is 12.3. The molecule has 0 aromatic heterocycles. The number of allylic oxidation sites excluding steroid dienone is 1. The highest BCUT2D eigenvalue weighted by Crippen LogP contribution is 2.26. The number of ether oxygens (including phenoxy) is 3. The molecule has 0 heterocycles. The fraction of sp³-hybridized carbons (Fsp3) is 0.513. The third-order valence-electron chi connectivity index (χ3n) is 7.79. The number of benzene rings is 2. The minimum Gasteiger partial charge on any atom is -0.495 e. The van der Waals surface area contributed by atoms with E-state index in [9.17, 15) is 29.1 Å². The number of carboxylic acids is 1. The molecule has 0 aliphatic carbocycles. The van der Waals surface area contributed by atoms with E-state index < -0.39 is 47.3 Å². The van der Waals surface area contributed by atoms with Crippen molar-refractivity contribution < 1.29 is 43.3 Å². The molecule has 0 spiro atoms. The lowest BCUT2D eigenvalue weighted by Gasteiger charge is -2.27. The number of nitrogens with one attached hydrogen (secondary N) is 2. The van der Waals surface area contributed by atoms with Crippen LogP contribution in [-0.2, 0) is 46.3 Å². The lowest BCUT2D eigenvalue weighted by atomic mass is 9.93. The summed E-state index contributed by atoms with van der Waals surface area (Å²) in [5.74, 6) is -3.23. The van der Waals surface area contributed by atoms with Gasteiger partial charge in [-0.25, -0.2) is 4.79 Å². The topological polar surface area (TPSA) is 183 Å². The molecule has 52 heavy (non-hydrogen) atoms. The van der Waals surface area contributed by atoms with Crippen molar-refractivity contribution in [3.8, 4) is 5.75 Å². The van der Waals surface area contributed by atoms with Gasteiger partial charge in [0.2, 0.25) is 11.8 Å². The first-order valence-corrected chi connectivity index (χ1v) is 17.8. The zero-order valence-electron chi connectivity index (χ0n) is 31.6. The molecule has 2 aromatic carbocycles. The summed E-state index contributed by atoms with van der Waals surface area (Å²) in [5, 5.41) is 15.1. The number of hydrogen-bond donors (Lipinski definition) is 4. The number of methoxy groups -OCH3 is 1. The highest BCUT2D eigenvalue weighted by Gasteiger charge is 2.35. The Morgan fingerprint density at radius 1 is 1.00 bits per heavy atom. The summed E-state index contributed by atoms with van der Waals surface area (Å²) in [4.78, 5) is 61.6. The Labute approximate surface area is 312 Å².